The zero-order valence-electron chi connectivity index (χ0n) is 9.93. The van der Waals surface area contributed by atoms with Crippen LogP contribution in [0.1, 0.15) is 21.8 Å². The molecule has 3 N–H and O–H groups in total. The van der Waals surface area contributed by atoms with Gasteiger partial charge in [-0.25, -0.2) is 5.84 Å². The Balaban J connectivity index is 1.86. The van der Waals surface area contributed by atoms with E-state index in [-0.39, 0.29) is 12.3 Å². The second kappa shape index (κ2) is 6.46. The number of rotatable bonds is 5. The largest absolute Gasteiger partial charge is 0.369 e. The molecule has 0 atom stereocenters. The van der Waals surface area contributed by atoms with Gasteiger partial charge in [-0.1, -0.05) is 33.2 Å². The van der Waals surface area contributed by atoms with E-state index in [1.54, 1.807) is 0 Å². The number of ether oxygens (including phenoxy) is 1. The normalized spacial score (nSPS) is 10.4. The van der Waals surface area contributed by atoms with Crippen LogP contribution in [-0.2, 0) is 18.0 Å². The van der Waals surface area contributed by atoms with Crippen molar-refractivity contribution in [2.75, 3.05) is 0 Å². The number of hydrogen-bond donors (Lipinski definition) is 2. The minimum absolute atomic E-state index is 0.128. The summed E-state index contributed by atoms with van der Waals surface area (Å²) in [4.78, 5) is 11.2. The number of nitrogen functional groups attached to an aromatic ring is 1. The van der Waals surface area contributed by atoms with Crippen molar-refractivity contribution in [1.82, 2.24) is 10.6 Å². The van der Waals surface area contributed by atoms with Crippen molar-refractivity contribution < 1.29 is 14.1 Å². The van der Waals surface area contributed by atoms with Crippen LogP contribution in [0.3, 0.4) is 0 Å². The zero-order chi connectivity index (χ0) is 13.7. The van der Waals surface area contributed by atoms with Crippen molar-refractivity contribution >= 4 is 21.8 Å². The summed E-state index contributed by atoms with van der Waals surface area (Å²) in [6.45, 7) is 0.677. The second-order valence-corrected chi connectivity index (χ2v) is 4.69. The third kappa shape index (κ3) is 3.88. The third-order valence-electron chi connectivity index (χ3n) is 2.32. The van der Waals surface area contributed by atoms with Gasteiger partial charge in [0.2, 0.25) is 0 Å². The molecule has 1 aromatic heterocycles. The number of halogens is 1. The summed E-state index contributed by atoms with van der Waals surface area (Å²) in [6, 6.07) is 9.29. The average molecular weight is 326 g/mol. The standard InChI is InChI=1S/C12H12BrN3O3/c13-9-3-1-2-8(4-9)6-18-7-10-5-11(16-19-10)12(17)15-14/h1-5H,6-7,14H2,(H,15,17). The summed E-state index contributed by atoms with van der Waals surface area (Å²) in [6.07, 6.45) is 0. The Bertz CT molecular complexity index is 571. The maximum atomic E-state index is 11.2. The van der Waals surface area contributed by atoms with E-state index in [1.165, 1.54) is 6.07 Å². The molecule has 19 heavy (non-hydrogen) atoms. The number of benzene rings is 1. The van der Waals surface area contributed by atoms with Crippen molar-refractivity contribution in [2.24, 2.45) is 5.84 Å². The number of nitrogens with zero attached hydrogens (tertiary/aromatic N) is 1. The van der Waals surface area contributed by atoms with Crippen LogP contribution in [0.15, 0.2) is 39.3 Å². The van der Waals surface area contributed by atoms with Gasteiger partial charge in [-0.3, -0.25) is 10.2 Å². The van der Waals surface area contributed by atoms with Crippen molar-refractivity contribution in [3.8, 4) is 0 Å². The van der Waals surface area contributed by atoms with Crippen LogP contribution in [0.4, 0.5) is 0 Å². The lowest BCUT2D eigenvalue weighted by Crippen LogP contribution is -2.30. The monoisotopic (exact) mass is 325 g/mol. The SMILES string of the molecule is NNC(=O)c1cc(COCc2cccc(Br)c2)on1. The molecule has 0 unspecified atom stereocenters. The molecule has 0 spiro atoms. The van der Waals surface area contributed by atoms with E-state index in [9.17, 15) is 4.79 Å². The first-order valence-corrected chi connectivity index (χ1v) is 6.27. The quantitative estimate of drug-likeness (QED) is 0.496. The number of hydrogen-bond acceptors (Lipinski definition) is 5. The highest BCUT2D eigenvalue weighted by atomic mass is 79.9. The summed E-state index contributed by atoms with van der Waals surface area (Å²) in [5.74, 6) is 4.95. The van der Waals surface area contributed by atoms with E-state index in [0.29, 0.717) is 12.4 Å². The van der Waals surface area contributed by atoms with Crippen molar-refractivity contribution in [1.29, 1.82) is 0 Å². The molecule has 1 amide bonds. The van der Waals surface area contributed by atoms with E-state index >= 15 is 0 Å². The molecule has 0 fully saturated rings. The average Bonchev–Trinajstić information content (AvgIpc) is 2.87. The smallest absolute Gasteiger partial charge is 0.287 e. The van der Waals surface area contributed by atoms with Crippen LogP contribution in [-0.4, -0.2) is 11.1 Å². The number of carbonyl (C=O) groups excluding carboxylic acids is 1. The van der Waals surface area contributed by atoms with E-state index in [0.717, 1.165) is 10.0 Å². The molecule has 0 radical (unpaired) electrons. The molecule has 0 saturated heterocycles. The van der Waals surface area contributed by atoms with Crippen LogP contribution >= 0.6 is 15.9 Å². The number of nitrogens with one attached hydrogen (secondary N) is 1. The molecule has 2 aromatic rings. The minimum atomic E-state index is -0.498. The molecule has 6 nitrogen and oxygen atoms in total. The zero-order valence-corrected chi connectivity index (χ0v) is 11.5. The maximum Gasteiger partial charge on any atom is 0.287 e. The first-order chi connectivity index (χ1) is 9.19. The number of aromatic nitrogens is 1. The van der Waals surface area contributed by atoms with E-state index < -0.39 is 5.91 Å². The highest BCUT2D eigenvalue weighted by Crippen LogP contribution is 2.13. The Morgan fingerprint density at radius 3 is 3.00 bits per heavy atom. The third-order valence-corrected chi connectivity index (χ3v) is 2.82. The number of hydrazine groups is 1. The van der Waals surface area contributed by atoms with Crippen LogP contribution in [0.25, 0.3) is 0 Å². The van der Waals surface area contributed by atoms with Gasteiger partial charge in [0.05, 0.1) is 6.61 Å². The first-order valence-electron chi connectivity index (χ1n) is 5.48. The fourth-order valence-electron chi connectivity index (χ4n) is 1.46. The molecule has 0 aliphatic carbocycles. The highest BCUT2D eigenvalue weighted by molar-refractivity contribution is 9.10. The number of amides is 1. The van der Waals surface area contributed by atoms with Gasteiger partial charge in [-0.2, -0.15) is 0 Å². The Labute approximate surface area is 118 Å². The Morgan fingerprint density at radius 1 is 1.42 bits per heavy atom. The summed E-state index contributed by atoms with van der Waals surface area (Å²) in [7, 11) is 0. The number of nitrogens with two attached hydrogens (primary N) is 1. The molecule has 1 heterocycles. The second-order valence-electron chi connectivity index (χ2n) is 3.77. The van der Waals surface area contributed by atoms with E-state index in [1.807, 2.05) is 29.7 Å². The lowest BCUT2D eigenvalue weighted by Gasteiger charge is -2.02. The van der Waals surface area contributed by atoms with Crippen LogP contribution in [0.5, 0.6) is 0 Å². The fourth-order valence-corrected chi connectivity index (χ4v) is 1.90. The molecule has 1 aromatic carbocycles. The molecular formula is C12H12BrN3O3. The van der Waals surface area contributed by atoms with Gasteiger partial charge in [0.15, 0.2) is 11.5 Å². The predicted molar refractivity (Wildman–Crippen MR) is 70.8 cm³/mol. The minimum Gasteiger partial charge on any atom is -0.369 e. The molecular weight excluding hydrogens is 314 g/mol. The number of carbonyl (C=O) groups is 1. The molecule has 0 bridgehead atoms. The van der Waals surface area contributed by atoms with E-state index in [2.05, 4.69) is 21.1 Å². The Morgan fingerprint density at radius 2 is 2.26 bits per heavy atom. The van der Waals surface area contributed by atoms with Gasteiger partial charge in [0, 0.05) is 10.5 Å². The van der Waals surface area contributed by atoms with Crippen molar-refractivity contribution in [3.63, 3.8) is 0 Å². The molecule has 0 aliphatic rings. The van der Waals surface area contributed by atoms with Crippen LogP contribution < -0.4 is 11.3 Å². The molecule has 100 valence electrons. The van der Waals surface area contributed by atoms with Gasteiger partial charge < -0.3 is 9.26 Å². The summed E-state index contributed by atoms with van der Waals surface area (Å²) < 4.78 is 11.4. The summed E-state index contributed by atoms with van der Waals surface area (Å²) >= 11 is 3.39. The molecule has 7 heteroatoms. The predicted octanol–water partition coefficient (Wildman–Crippen LogP) is 1.76. The lowest BCUT2D eigenvalue weighted by molar-refractivity contribution is 0.0877. The molecule has 0 saturated carbocycles. The maximum absolute atomic E-state index is 11.2. The molecule has 2 rings (SSSR count). The Hall–Kier alpha value is -1.70. The van der Waals surface area contributed by atoms with Gasteiger partial charge in [-0.05, 0) is 17.7 Å². The van der Waals surface area contributed by atoms with Crippen LogP contribution in [0, 0.1) is 0 Å². The van der Waals surface area contributed by atoms with Gasteiger partial charge in [0.1, 0.15) is 6.61 Å². The van der Waals surface area contributed by atoms with Crippen molar-refractivity contribution in [2.45, 2.75) is 13.2 Å². The van der Waals surface area contributed by atoms with Gasteiger partial charge in [-0.15, -0.1) is 0 Å². The van der Waals surface area contributed by atoms with Crippen LogP contribution in [0.2, 0.25) is 0 Å². The van der Waals surface area contributed by atoms with Crippen molar-refractivity contribution in [3.05, 3.63) is 51.8 Å². The summed E-state index contributed by atoms with van der Waals surface area (Å²) in [5.41, 5.74) is 3.14. The summed E-state index contributed by atoms with van der Waals surface area (Å²) in [5, 5.41) is 3.57. The topological polar surface area (TPSA) is 90.4 Å². The first kappa shape index (κ1) is 13.7. The Kier molecular flexibility index (Phi) is 4.67. The highest BCUT2D eigenvalue weighted by Gasteiger charge is 2.10. The lowest BCUT2D eigenvalue weighted by atomic mass is 10.2. The van der Waals surface area contributed by atoms with Gasteiger partial charge >= 0.3 is 0 Å². The van der Waals surface area contributed by atoms with Gasteiger partial charge in [0.25, 0.3) is 5.91 Å². The fraction of sp³-hybridized carbons (Fsp3) is 0.167. The van der Waals surface area contributed by atoms with E-state index in [4.69, 9.17) is 15.1 Å². The molecule has 0 aliphatic heterocycles.